The Labute approximate surface area is 117 Å². The van der Waals surface area contributed by atoms with Crippen molar-refractivity contribution in [2.24, 2.45) is 5.92 Å². The molecule has 1 fully saturated rings. The summed E-state index contributed by atoms with van der Waals surface area (Å²) in [6.07, 6.45) is -1.09. The summed E-state index contributed by atoms with van der Waals surface area (Å²) in [5.74, 6) is -2.39. The van der Waals surface area contributed by atoms with Gasteiger partial charge in [-0.1, -0.05) is 6.92 Å². The van der Waals surface area contributed by atoms with Gasteiger partial charge >= 0.3 is 17.9 Å². The summed E-state index contributed by atoms with van der Waals surface area (Å²) >= 11 is 0. The van der Waals surface area contributed by atoms with Crippen molar-refractivity contribution in [1.82, 2.24) is 0 Å². The van der Waals surface area contributed by atoms with E-state index in [4.69, 9.17) is 19.3 Å². The summed E-state index contributed by atoms with van der Waals surface area (Å²) in [6.45, 7) is 4.37. The largest absolute Gasteiger partial charge is 0.481 e. The van der Waals surface area contributed by atoms with Crippen molar-refractivity contribution in [1.29, 1.82) is 0 Å². The summed E-state index contributed by atoms with van der Waals surface area (Å²) in [6, 6.07) is 0. The monoisotopic (exact) mass is 288 g/mol. The number of ether oxygens (including phenoxy) is 3. The molecular weight excluding hydrogens is 268 g/mol. The van der Waals surface area contributed by atoms with Gasteiger partial charge in [-0.2, -0.15) is 0 Å². The van der Waals surface area contributed by atoms with E-state index in [0.717, 1.165) is 0 Å². The molecule has 1 saturated heterocycles. The van der Waals surface area contributed by atoms with Crippen molar-refractivity contribution < 1.29 is 33.7 Å². The molecule has 1 rings (SSSR count). The van der Waals surface area contributed by atoms with Crippen LogP contribution in [-0.4, -0.2) is 41.5 Å². The molecule has 0 amide bonds. The quantitative estimate of drug-likeness (QED) is 0.730. The van der Waals surface area contributed by atoms with E-state index in [-0.39, 0.29) is 6.42 Å². The Balaban J connectivity index is 2.73. The SMILES string of the molecule is CCC(OC(C)=O)[C@@H]1C[C@H](CC(=O)O)C(OC(C)=O)O1. The normalized spacial score (nSPS) is 26.9. The van der Waals surface area contributed by atoms with Crippen LogP contribution in [0.15, 0.2) is 0 Å². The first-order chi connectivity index (χ1) is 9.33. The van der Waals surface area contributed by atoms with Crippen molar-refractivity contribution in [3.05, 3.63) is 0 Å². The lowest BCUT2D eigenvalue weighted by molar-refractivity contribution is -0.191. The summed E-state index contributed by atoms with van der Waals surface area (Å²) in [4.78, 5) is 32.9. The zero-order valence-corrected chi connectivity index (χ0v) is 11.8. The summed E-state index contributed by atoms with van der Waals surface area (Å²) in [7, 11) is 0. The predicted octanol–water partition coefficient (Wildman–Crippen LogP) is 1.10. The number of carbonyl (C=O) groups is 3. The lowest BCUT2D eigenvalue weighted by atomic mass is 9.97. The third-order valence-electron chi connectivity index (χ3n) is 3.08. The van der Waals surface area contributed by atoms with Crippen LogP contribution in [0.5, 0.6) is 0 Å². The molecule has 2 unspecified atom stereocenters. The fourth-order valence-corrected chi connectivity index (χ4v) is 2.31. The Kier molecular flexibility index (Phi) is 5.94. The molecule has 7 nitrogen and oxygen atoms in total. The second-order valence-corrected chi connectivity index (χ2v) is 4.80. The third kappa shape index (κ3) is 4.80. The average Bonchev–Trinajstić information content (AvgIpc) is 2.67. The smallest absolute Gasteiger partial charge is 0.304 e. The molecule has 1 aliphatic rings. The minimum absolute atomic E-state index is 0.162. The van der Waals surface area contributed by atoms with E-state index in [1.54, 1.807) is 0 Å². The summed E-state index contributed by atoms with van der Waals surface area (Å²) in [5, 5.41) is 8.87. The molecule has 0 aromatic carbocycles. The molecule has 0 aliphatic carbocycles. The highest BCUT2D eigenvalue weighted by molar-refractivity contribution is 5.68. The van der Waals surface area contributed by atoms with Gasteiger partial charge in [0.05, 0.1) is 12.5 Å². The van der Waals surface area contributed by atoms with Gasteiger partial charge in [-0.05, 0) is 12.8 Å². The van der Waals surface area contributed by atoms with Crippen molar-refractivity contribution in [3.8, 4) is 0 Å². The van der Waals surface area contributed by atoms with Gasteiger partial charge in [-0.15, -0.1) is 0 Å². The second kappa shape index (κ2) is 7.23. The van der Waals surface area contributed by atoms with Gasteiger partial charge in [-0.3, -0.25) is 14.4 Å². The zero-order valence-electron chi connectivity index (χ0n) is 11.8. The molecule has 20 heavy (non-hydrogen) atoms. The van der Waals surface area contributed by atoms with Crippen LogP contribution in [-0.2, 0) is 28.6 Å². The topological polar surface area (TPSA) is 99.1 Å². The van der Waals surface area contributed by atoms with Gasteiger partial charge in [0.1, 0.15) is 6.10 Å². The van der Waals surface area contributed by atoms with E-state index in [1.165, 1.54) is 13.8 Å². The maximum atomic E-state index is 11.0. The zero-order chi connectivity index (χ0) is 15.3. The lowest BCUT2D eigenvalue weighted by Gasteiger charge is -2.22. The maximum Gasteiger partial charge on any atom is 0.304 e. The van der Waals surface area contributed by atoms with Crippen molar-refractivity contribution in [2.75, 3.05) is 0 Å². The van der Waals surface area contributed by atoms with Crippen molar-refractivity contribution in [2.45, 2.75) is 58.5 Å². The molecular formula is C13H20O7. The molecule has 1 aliphatic heterocycles. The number of hydrogen-bond acceptors (Lipinski definition) is 6. The first kappa shape index (κ1) is 16.4. The van der Waals surface area contributed by atoms with Crippen LogP contribution < -0.4 is 0 Å². The Morgan fingerprint density at radius 1 is 1.30 bits per heavy atom. The highest BCUT2D eigenvalue weighted by Crippen LogP contribution is 2.33. The molecule has 1 heterocycles. The number of hydrogen-bond donors (Lipinski definition) is 1. The number of rotatable bonds is 6. The van der Waals surface area contributed by atoms with Gasteiger partial charge in [0.25, 0.3) is 0 Å². The minimum atomic E-state index is -0.989. The molecule has 114 valence electrons. The Morgan fingerprint density at radius 3 is 2.40 bits per heavy atom. The molecule has 0 radical (unpaired) electrons. The molecule has 0 aromatic rings. The number of carboxylic acids is 1. The van der Waals surface area contributed by atoms with Gasteiger partial charge in [-0.25, -0.2) is 0 Å². The average molecular weight is 288 g/mol. The van der Waals surface area contributed by atoms with E-state index < -0.39 is 42.3 Å². The minimum Gasteiger partial charge on any atom is -0.481 e. The van der Waals surface area contributed by atoms with E-state index in [0.29, 0.717) is 12.8 Å². The molecule has 0 spiro atoms. The van der Waals surface area contributed by atoms with Crippen LogP contribution in [0.2, 0.25) is 0 Å². The van der Waals surface area contributed by atoms with Crippen LogP contribution in [0.4, 0.5) is 0 Å². The van der Waals surface area contributed by atoms with Gasteiger partial charge in [0.15, 0.2) is 0 Å². The molecule has 0 aromatic heterocycles. The van der Waals surface area contributed by atoms with Crippen molar-refractivity contribution >= 4 is 17.9 Å². The van der Waals surface area contributed by atoms with E-state index in [2.05, 4.69) is 0 Å². The maximum absolute atomic E-state index is 11.0. The third-order valence-corrected chi connectivity index (χ3v) is 3.08. The highest BCUT2D eigenvalue weighted by Gasteiger charge is 2.42. The summed E-state index contributed by atoms with van der Waals surface area (Å²) in [5.41, 5.74) is 0. The molecule has 1 N–H and O–H groups in total. The first-order valence-corrected chi connectivity index (χ1v) is 6.55. The van der Waals surface area contributed by atoms with Crippen LogP contribution in [0, 0.1) is 5.92 Å². The van der Waals surface area contributed by atoms with Crippen LogP contribution in [0.25, 0.3) is 0 Å². The molecule has 0 saturated carbocycles. The highest BCUT2D eigenvalue weighted by atomic mass is 16.7. The molecule has 7 heteroatoms. The Hall–Kier alpha value is -1.63. The number of carboxylic acid groups (broad SMARTS) is 1. The number of carbonyl (C=O) groups excluding carboxylic acids is 2. The van der Waals surface area contributed by atoms with Gasteiger partial charge in [0.2, 0.25) is 6.29 Å². The lowest BCUT2D eigenvalue weighted by Crippen LogP contribution is -2.31. The fraction of sp³-hybridized carbons (Fsp3) is 0.769. The first-order valence-electron chi connectivity index (χ1n) is 6.55. The van der Waals surface area contributed by atoms with Gasteiger partial charge in [0, 0.05) is 19.8 Å². The number of esters is 2. The van der Waals surface area contributed by atoms with Crippen LogP contribution in [0.3, 0.4) is 0 Å². The van der Waals surface area contributed by atoms with E-state index in [9.17, 15) is 14.4 Å². The standard InChI is InChI=1S/C13H20O7/c1-4-10(18-7(2)14)11-5-9(6-12(16)17)13(20-11)19-8(3)15/h9-11,13H,4-6H2,1-3H3,(H,16,17)/t9-,10?,11+,13?/m1/s1. The Morgan fingerprint density at radius 2 is 1.95 bits per heavy atom. The Bertz CT molecular complexity index is 355. The van der Waals surface area contributed by atoms with Gasteiger partial charge < -0.3 is 19.3 Å². The predicted molar refractivity (Wildman–Crippen MR) is 66.6 cm³/mol. The summed E-state index contributed by atoms with van der Waals surface area (Å²) < 4.78 is 15.7. The van der Waals surface area contributed by atoms with E-state index in [1.807, 2.05) is 6.92 Å². The van der Waals surface area contributed by atoms with E-state index >= 15 is 0 Å². The van der Waals surface area contributed by atoms with Crippen LogP contribution >= 0.6 is 0 Å². The molecule has 0 bridgehead atoms. The van der Waals surface area contributed by atoms with Crippen LogP contribution in [0.1, 0.15) is 40.0 Å². The van der Waals surface area contributed by atoms with Crippen molar-refractivity contribution in [3.63, 3.8) is 0 Å². The molecule has 4 atom stereocenters. The number of aliphatic carboxylic acids is 1. The fourth-order valence-electron chi connectivity index (χ4n) is 2.31. The second-order valence-electron chi connectivity index (χ2n) is 4.80.